The van der Waals surface area contributed by atoms with E-state index in [1.54, 1.807) is 7.11 Å². The van der Waals surface area contributed by atoms with Crippen LogP contribution < -0.4 is 5.73 Å². The van der Waals surface area contributed by atoms with Gasteiger partial charge in [0.25, 0.3) is 0 Å². The van der Waals surface area contributed by atoms with E-state index in [1.165, 1.54) is 12.0 Å². The number of amides is 2. The van der Waals surface area contributed by atoms with E-state index in [1.807, 2.05) is 0 Å². The summed E-state index contributed by atoms with van der Waals surface area (Å²) in [5.74, 6) is 0. The van der Waals surface area contributed by atoms with Crippen LogP contribution in [0.15, 0.2) is 0 Å². The molecule has 3 N–H and O–H groups in total. The van der Waals surface area contributed by atoms with Gasteiger partial charge in [0.15, 0.2) is 0 Å². The molecule has 0 spiro atoms. The zero-order chi connectivity index (χ0) is 11.7. The van der Waals surface area contributed by atoms with E-state index in [-0.39, 0.29) is 13.2 Å². The Hall–Kier alpha value is -0.850. The molecular formula is C9H20N2O4. The van der Waals surface area contributed by atoms with E-state index in [2.05, 4.69) is 0 Å². The zero-order valence-electron chi connectivity index (χ0n) is 9.31. The molecule has 0 rings (SSSR count). The fraction of sp³-hybridized carbons (Fsp3) is 0.889. The Kier molecular flexibility index (Phi) is 7.98. The third-order valence-electron chi connectivity index (χ3n) is 1.88. The molecule has 0 aliphatic carbocycles. The minimum absolute atomic E-state index is 0.187. The van der Waals surface area contributed by atoms with Crippen LogP contribution >= 0.6 is 0 Å². The zero-order valence-corrected chi connectivity index (χ0v) is 9.31. The largest absolute Gasteiger partial charge is 0.389 e. The molecular weight excluding hydrogens is 200 g/mol. The van der Waals surface area contributed by atoms with Crippen LogP contribution in [0, 0.1) is 0 Å². The summed E-state index contributed by atoms with van der Waals surface area (Å²) >= 11 is 0. The third-order valence-corrected chi connectivity index (χ3v) is 1.88. The SMILES string of the molecule is COCCCN(CC(O)COC)C(N)=O. The number of ether oxygens (including phenoxy) is 2. The molecule has 0 fully saturated rings. The van der Waals surface area contributed by atoms with Crippen molar-refractivity contribution in [1.29, 1.82) is 0 Å². The fourth-order valence-corrected chi connectivity index (χ4v) is 1.19. The number of aliphatic hydroxyl groups is 1. The first-order valence-corrected chi connectivity index (χ1v) is 4.82. The molecule has 0 radical (unpaired) electrons. The molecule has 0 aliphatic rings. The lowest BCUT2D eigenvalue weighted by Crippen LogP contribution is -2.42. The van der Waals surface area contributed by atoms with Crippen molar-refractivity contribution in [2.45, 2.75) is 12.5 Å². The van der Waals surface area contributed by atoms with Crippen molar-refractivity contribution in [1.82, 2.24) is 4.90 Å². The predicted molar refractivity (Wildman–Crippen MR) is 55.5 cm³/mol. The first-order valence-electron chi connectivity index (χ1n) is 4.82. The molecule has 0 aromatic heterocycles. The average molecular weight is 220 g/mol. The van der Waals surface area contributed by atoms with Crippen molar-refractivity contribution >= 4 is 6.03 Å². The predicted octanol–water partition coefficient (Wildman–Crippen LogP) is -0.589. The Morgan fingerprint density at radius 1 is 1.47 bits per heavy atom. The number of nitrogens with zero attached hydrogens (tertiary/aromatic N) is 1. The smallest absolute Gasteiger partial charge is 0.314 e. The van der Waals surface area contributed by atoms with Crippen LogP contribution in [-0.4, -0.2) is 62.7 Å². The highest BCUT2D eigenvalue weighted by Crippen LogP contribution is 1.96. The molecule has 90 valence electrons. The number of urea groups is 1. The van der Waals surface area contributed by atoms with Gasteiger partial charge in [0.05, 0.1) is 19.3 Å². The number of nitrogens with two attached hydrogens (primary N) is 1. The summed E-state index contributed by atoms with van der Waals surface area (Å²) in [5.41, 5.74) is 5.16. The van der Waals surface area contributed by atoms with Crippen molar-refractivity contribution in [2.75, 3.05) is 40.5 Å². The molecule has 0 bridgehead atoms. The van der Waals surface area contributed by atoms with E-state index in [0.29, 0.717) is 19.6 Å². The molecule has 0 heterocycles. The minimum Gasteiger partial charge on any atom is -0.389 e. The number of aliphatic hydroxyl groups excluding tert-OH is 1. The highest BCUT2D eigenvalue weighted by molar-refractivity contribution is 5.71. The lowest BCUT2D eigenvalue weighted by Gasteiger charge is -2.22. The van der Waals surface area contributed by atoms with Gasteiger partial charge in [-0.2, -0.15) is 0 Å². The van der Waals surface area contributed by atoms with Gasteiger partial charge >= 0.3 is 6.03 Å². The minimum atomic E-state index is -0.704. The maximum atomic E-state index is 11.0. The van der Waals surface area contributed by atoms with E-state index in [9.17, 15) is 9.90 Å². The van der Waals surface area contributed by atoms with Gasteiger partial charge in [-0.15, -0.1) is 0 Å². The highest BCUT2D eigenvalue weighted by Gasteiger charge is 2.14. The summed E-state index contributed by atoms with van der Waals surface area (Å²) in [5, 5.41) is 9.42. The molecule has 15 heavy (non-hydrogen) atoms. The van der Waals surface area contributed by atoms with E-state index < -0.39 is 12.1 Å². The molecule has 6 nitrogen and oxygen atoms in total. The topological polar surface area (TPSA) is 85.0 Å². The van der Waals surface area contributed by atoms with Gasteiger partial charge in [-0.3, -0.25) is 0 Å². The summed E-state index contributed by atoms with van der Waals surface area (Å²) in [6, 6.07) is -0.541. The number of methoxy groups -OCH3 is 2. The fourth-order valence-electron chi connectivity index (χ4n) is 1.19. The second kappa shape index (κ2) is 8.46. The summed E-state index contributed by atoms with van der Waals surface area (Å²) in [6.07, 6.45) is -0.0101. The Labute approximate surface area is 89.9 Å². The van der Waals surface area contributed by atoms with Crippen LogP contribution in [-0.2, 0) is 9.47 Å². The lowest BCUT2D eigenvalue weighted by molar-refractivity contribution is 0.0443. The first kappa shape index (κ1) is 14.2. The summed E-state index contributed by atoms with van der Waals surface area (Å²) in [4.78, 5) is 12.4. The van der Waals surface area contributed by atoms with Crippen LogP contribution in [0.3, 0.4) is 0 Å². The number of carbonyl (C=O) groups excluding carboxylic acids is 1. The first-order chi connectivity index (χ1) is 7.11. The van der Waals surface area contributed by atoms with Gasteiger partial charge < -0.3 is 25.2 Å². The Morgan fingerprint density at radius 2 is 2.13 bits per heavy atom. The molecule has 0 saturated carbocycles. The quantitative estimate of drug-likeness (QED) is 0.535. The molecule has 1 unspecified atom stereocenters. The van der Waals surface area contributed by atoms with E-state index >= 15 is 0 Å². The average Bonchev–Trinajstić information content (AvgIpc) is 2.16. The number of rotatable bonds is 8. The van der Waals surface area contributed by atoms with Crippen molar-refractivity contribution in [3.63, 3.8) is 0 Å². The number of hydrogen-bond donors (Lipinski definition) is 2. The van der Waals surface area contributed by atoms with Crippen LogP contribution in [0.25, 0.3) is 0 Å². The van der Waals surface area contributed by atoms with Crippen LogP contribution in [0.2, 0.25) is 0 Å². The second-order valence-corrected chi connectivity index (χ2v) is 3.24. The van der Waals surface area contributed by atoms with E-state index in [4.69, 9.17) is 15.2 Å². The van der Waals surface area contributed by atoms with Crippen LogP contribution in [0.5, 0.6) is 0 Å². The van der Waals surface area contributed by atoms with Crippen LogP contribution in [0.4, 0.5) is 4.79 Å². The normalized spacial score (nSPS) is 12.5. The number of hydrogen-bond acceptors (Lipinski definition) is 4. The summed E-state index contributed by atoms with van der Waals surface area (Å²) in [7, 11) is 3.08. The van der Waals surface area contributed by atoms with Crippen molar-refractivity contribution in [3.05, 3.63) is 0 Å². The van der Waals surface area contributed by atoms with Gasteiger partial charge in [0, 0.05) is 27.4 Å². The van der Waals surface area contributed by atoms with E-state index in [0.717, 1.165) is 0 Å². The molecule has 0 aliphatic heterocycles. The lowest BCUT2D eigenvalue weighted by atomic mass is 10.3. The maximum Gasteiger partial charge on any atom is 0.314 e. The van der Waals surface area contributed by atoms with Gasteiger partial charge in [-0.1, -0.05) is 0 Å². The van der Waals surface area contributed by atoms with Gasteiger partial charge in [-0.25, -0.2) is 4.79 Å². The maximum absolute atomic E-state index is 11.0. The second-order valence-electron chi connectivity index (χ2n) is 3.24. The van der Waals surface area contributed by atoms with Crippen LogP contribution in [0.1, 0.15) is 6.42 Å². The van der Waals surface area contributed by atoms with Gasteiger partial charge in [0.1, 0.15) is 0 Å². The van der Waals surface area contributed by atoms with Crippen molar-refractivity contribution in [3.8, 4) is 0 Å². The molecule has 0 aromatic rings. The number of primary amides is 1. The van der Waals surface area contributed by atoms with Gasteiger partial charge in [0.2, 0.25) is 0 Å². The molecule has 0 saturated heterocycles. The molecule has 2 amide bonds. The third kappa shape index (κ3) is 7.12. The van der Waals surface area contributed by atoms with Gasteiger partial charge in [-0.05, 0) is 6.42 Å². The monoisotopic (exact) mass is 220 g/mol. The van der Waals surface area contributed by atoms with Crippen molar-refractivity contribution < 1.29 is 19.4 Å². The molecule has 0 aromatic carbocycles. The standard InChI is InChI=1S/C9H20N2O4/c1-14-5-3-4-11(9(10)13)6-8(12)7-15-2/h8,12H,3-7H2,1-2H3,(H2,10,13). The summed E-state index contributed by atoms with van der Waals surface area (Å²) < 4.78 is 9.61. The number of carbonyl (C=O) groups is 1. The Balaban J connectivity index is 3.87. The summed E-state index contributed by atoms with van der Waals surface area (Å²) in [6.45, 7) is 1.41. The Morgan fingerprint density at radius 3 is 2.60 bits per heavy atom. The molecule has 1 atom stereocenters. The Bertz CT molecular complexity index is 177. The van der Waals surface area contributed by atoms with Crippen molar-refractivity contribution in [2.24, 2.45) is 5.73 Å². The molecule has 6 heteroatoms. The highest BCUT2D eigenvalue weighted by atomic mass is 16.5.